The zero-order chi connectivity index (χ0) is 10.9. The van der Waals surface area contributed by atoms with Crippen LogP contribution in [0.1, 0.15) is 5.56 Å². The molecule has 1 aromatic carbocycles. The van der Waals surface area contributed by atoms with E-state index in [1.807, 2.05) is 0 Å². The quantitative estimate of drug-likeness (QED) is 0.777. The molecule has 1 N–H and O–H groups in total. The van der Waals surface area contributed by atoms with Crippen LogP contribution in [0.15, 0.2) is 12.1 Å². The number of benzene rings is 1. The lowest BCUT2D eigenvalue weighted by molar-refractivity contribution is 0.474. The van der Waals surface area contributed by atoms with Crippen molar-refractivity contribution in [1.82, 2.24) is 0 Å². The lowest BCUT2D eigenvalue weighted by atomic mass is 10.2. The van der Waals surface area contributed by atoms with Crippen LogP contribution in [0.5, 0.6) is 0 Å². The van der Waals surface area contributed by atoms with E-state index in [0.717, 1.165) is 0 Å². The molecule has 78 valence electrons. The maximum absolute atomic E-state index is 12.8. The van der Waals surface area contributed by atoms with Crippen LogP contribution in [0.3, 0.4) is 0 Å². The third-order valence-corrected chi connectivity index (χ3v) is 2.09. The molecule has 7 heteroatoms. The molecule has 0 aliphatic rings. The van der Waals surface area contributed by atoms with Gasteiger partial charge in [0.1, 0.15) is 23.2 Å². The molecule has 0 aliphatic heterocycles. The minimum atomic E-state index is -4.54. The Morgan fingerprint density at radius 3 is 1.93 bits per heavy atom. The van der Waals surface area contributed by atoms with Crippen LogP contribution in [0.4, 0.5) is 13.2 Å². The van der Waals surface area contributed by atoms with Crippen molar-refractivity contribution >= 4 is 10.1 Å². The average molecular weight is 226 g/mol. The van der Waals surface area contributed by atoms with Gasteiger partial charge in [-0.15, -0.1) is 0 Å². The van der Waals surface area contributed by atoms with Crippen molar-refractivity contribution in [2.45, 2.75) is 5.75 Å². The Morgan fingerprint density at radius 1 is 1.14 bits per heavy atom. The third-order valence-electron chi connectivity index (χ3n) is 1.43. The Morgan fingerprint density at radius 2 is 1.57 bits per heavy atom. The highest BCUT2D eigenvalue weighted by Gasteiger charge is 2.17. The van der Waals surface area contributed by atoms with Gasteiger partial charge in [-0.05, 0) is 0 Å². The zero-order valence-corrected chi connectivity index (χ0v) is 7.48. The maximum atomic E-state index is 12.8. The summed E-state index contributed by atoms with van der Waals surface area (Å²) in [7, 11) is -4.54. The van der Waals surface area contributed by atoms with Crippen LogP contribution in [0.25, 0.3) is 0 Å². The molecule has 0 unspecified atom stereocenters. The summed E-state index contributed by atoms with van der Waals surface area (Å²) in [5.41, 5.74) is -0.881. The standard InChI is InChI=1S/C7H5F3O3S/c8-4-1-6(9)5(7(10)2-4)3-14(11,12)13/h1-2H,3H2,(H,11,12,13). The van der Waals surface area contributed by atoms with Gasteiger partial charge in [0.25, 0.3) is 10.1 Å². The third kappa shape index (κ3) is 2.71. The molecule has 0 bridgehead atoms. The van der Waals surface area contributed by atoms with E-state index in [1.165, 1.54) is 0 Å². The first-order valence-corrected chi connectivity index (χ1v) is 4.99. The van der Waals surface area contributed by atoms with E-state index in [1.54, 1.807) is 0 Å². The second-order valence-electron chi connectivity index (χ2n) is 2.57. The molecule has 0 spiro atoms. The molecule has 0 heterocycles. The first kappa shape index (κ1) is 11.0. The molecule has 0 fully saturated rings. The van der Waals surface area contributed by atoms with E-state index in [9.17, 15) is 21.6 Å². The van der Waals surface area contributed by atoms with Crippen LogP contribution in [-0.4, -0.2) is 13.0 Å². The second-order valence-corrected chi connectivity index (χ2v) is 4.03. The maximum Gasteiger partial charge on any atom is 0.269 e. The van der Waals surface area contributed by atoms with Crippen molar-refractivity contribution in [3.05, 3.63) is 35.1 Å². The summed E-state index contributed by atoms with van der Waals surface area (Å²) in [4.78, 5) is 0. The molecular formula is C7H5F3O3S. The van der Waals surface area contributed by atoms with Gasteiger partial charge in [-0.2, -0.15) is 8.42 Å². The fourth-order valence-corrected chi connectivity index (χ4v) is 1.53. The number of halogens is 3. The molecule has 1 aromatic rings. The topological polar surface area (TPSA) is 54.4 Å². The Bertz CT molecular complexity index is 432. The van der Waals surface area contributed by atoms with Crippen molar-refractivity contribution in [1.29, 1.82) is 0 Å². The average Bonchev–Trinajstić information content (AvgIpc) is 1.95. The largest absolute Gasteiger partial charge is 0.285 e. The smallest absolute Gasteiger partial charge is 0.269 e. The predicted molar refractivity (Wildman–Crippen MR) is 41.6 cm³/mol. The summed E-state index contributed by atoms with van der Waals surface area (Å²) in [5, 5.41) is 0. The van der Waals surface area contributed by atoms with Gasteiger partial charge in [-0.25, -0.2) is 13.2 Å². The van der Waals surface area contributed by atoms with E-state index in [0.29, 0.717) is 12.1 Å². The minimum absolute atomic E-state index is 0.337. The number of rotatable bonds is 2. The highest BCUT2D eigenvalue weighted by Crippen LogP contribution is 2.16. The molecule has 1 rings (SSSR count). The van der Waals surface area contributed by atoms with E-state index < -0.39 is 38.9 Å². The summed E-state index contributed by atoms with van der Waals surface area (Å²) >= 11 is 0. The number of hydrogen-bond donors (Lipinski definition) is 1. The summed E-state index contributed by atoms with van der Waals surface area (Å²) in [5.74, 6) is -5.07. The van der Waals surface area contributed by atoms with Crippen molar-refractivity contribution in [3.63, 3.8) is 0 Å². The minimum Gasteiger partial charge on any atom is -0.285 e. The van der Waals surface area contributed by atoms with E-state index in [2.05, 4.69) is 0 Å². The molecule has 3 nitrogen and oxygen atoms in total. The fraction of sp³-hybridized carbons (Fsp3) is 0.143. The molecule has 0 saturated carbocycles. The highest BCUT2D eigenvalue weighted by molar-refractivity contribution is 7.85. The Hall–Kier alpha value is -1.08. The Labute approximate surface area is 77.9 Å². The molecule has 0 radical (unpaired) electrons. The predicted octanol–water partition coefficient (Wildman–Crippen LogP) is 1.49. The molecule has 0 aromatic heterocycles. The number of hydrogen-bond acceptors (Lipinski definition) is 2. The van der Waals surface area contributed by atoms with Crippen molar-refractivity contribution in [3.8, 4) is 0 Å². The summed E-state index contributed by atoms with van der Waals surface area (Å²) in [6.07, 6.45) is 0. The first-order valence-electron chi connectivity index (χ1n) is 3.38. The van der Waals surface area contributed by atoms with Gasteiger partial charge in [-0.3, -0.25) is 4.55 Å². The van der Waals surface area contributed by atoms with Gasteiger partial charge in [0.2, 0.25) is 0 Å². The normalized spacial score (nSPS) is 11.7. The van der Waals surface area contributed by atoms with Crippen molar-refractivity contribution in [2.75, 3.05) is 0 Å². The van der Waals surface area contributed by atoms with E-state index in [4.69, 9.17) is 4.55 Å². The van der Waals surface area contributed by atoms with Gasteiger partial charge >= 0.3 is 0 Å². The summed E-state index contributed by atoms with van der Waals surface area (Å²) in [6, 6.07) is 0.674. The van der Waals surface area contributed by atoms with Crippen LogP contribution < -0.4 is 0 Å². The van der Waals surface area contributed by atoms with Crippen LogP contribution >= 0.6 is 0 Å². The Kier molecular flexibility index (Phi) is 2.81. The van der Waals surface area contributed by atoms with Crippen molar-refractivity contribution < 1.29 is 26.1 Å². The summed E-state index contributed by atoms with van der Waals surface area (Å²) < 4.78 is 66.9. The van der Waals surface area contributed by atoms with Gasteiger partial charge in [0.05, 0.1) is 0 Å². The molecule has 0 atom stereocenters. The van der Waals surface area contributed by atoms with Gasteiger partial charge in [0.15, 0.2) is 0 Å². The summed E-state index contributed by atoms with van der Waals surface area (Å²) in [6.45, 7) is 0. The monoisotopic (exact) mass is 226 g/mol. The fourth-order valence-electron chi connectivity index (χ4n) is 0.892. The van der Waals surface area contributed by atoms with Crippen LogP contribution in [-0.2, 0) is 15.9 Å². The van der Waals surface area contributed by atoms with Gasteiger partial charge in [0, 0.05) is 17.7 Å². The van der Waals surface area contributed by atoms with E-state index >= 15 is 0 Å². The molecular weight excluding hydrogens is 221 g/mol. The molecule has 0 aliphatic carbocycles. The van der Waals surface area contributed by atoms with Gasteiger partial charge in [-0.1, -0.05) is 0 Å². The molecule has 0 saturated heterocycles. The second kappa shape index (κ2) is 3.58. The van der Waals surface area contributed by atoms with Crippen molar-refractivity contribution in [2.24, 2.45) is 0 Å². The Balaban J connectivity index is 3.22. The molecule has 14 heavy (non-hydrogen) atoms. The van der Waals surface area contributed by atoms with Gasteiger partial charge < -0.3 is 0 Å². The zero-order valence-electron chi connectivity index (χ0n) is 6.67. The van der Waals surface area contributed by atoms with E-state index in [-0.39, 0.29) is 0 Å². The lowest BCUT2D eigenvalue weighted by Gasteiger charge is -2.02. The lowest BCUT2D eigenvalue weighted by Crippen LogP contribution is -2.06. The SMILES string of the molecule is O=S(=O)(O)Cc1c(F)cc(F)cc1F. The van der Waals surface area contributed by atoms with Crippen LogP contribution in [0.2, 0.25) is 0 Å². The highest BCUT2D eigenvalue weighted by atomic mass is 32.2. The first-order chi connectivity index (χ1) is 6.29. The molecule has 0 amide bonds. The van der Waals surface area contributed by atoms with Crippen LogP contribution in [0, 0.1) is 17.5 Å².